The minimum atomic E-state index is 0.318. The fourth-order valence-electron chi connectivity index (χ4n) is 3.01. The average Bonchev–Trinajstić information content (AvgIpc) is 2.94. The third kappa shape index (κ3) is 1.79. The van der Waals surface area contributed by atoms with Crippen LogP contribution in [0.25, 0.3) is 0 Å². The molecule has 1 amide bonds. The van der Waals surface area contributed by atoms with Crippen LogP contribution in [0.3, 0.4) is 0 Å². The number of benzene rings is 1. The summed E-state index contributed by atoms with van der Waals surface area (Å²) in [6, 6.07) is 8.48. The van der Waals surface area contributed by atoms with Crippen LogP contribution in [0, 0.1) is 5.92 Å². The van der Waals surface area contributed by atoms with E-state index in [1.165, 1.54) is 12.0 Å². The lowest BCUT2D eigenvalue weighted by molar-refractivity contribution is -0.134. The first-order valence-electron chi connectivity index (χ1n) is 6.21. The van der Waals surface area contributed by atoms with Crippen LogP contribution in [0.4, 0.5) is 0 Å². The van der Waals surface area contributed by atoms with Gasteiger partial charge in [-0.2, -0.15) is 0 Å². The quantitative estimate of drug-likeness (QED) is 0.798. The first-order chi connectivity index (χ1) is 8.28. The van der Waals surface area contributed by atoms with E-state index in [9.17, 15) is 4.79 Å². The molecule has 0 spiro atoms. The molecule has 2 bridgehead atoms. The van der Waals surface area contributed by atoms with Crippen LogP contribution in [0.1, 0.15) is 24.8 Å². The molecule has 3 rings (SSSR count). The number of hydrogen-bond donors (Lipinski definition) is 0. The molecule has 1 aliphatic heterocycles. The molecule has 0 aromatic heterocycles. The van der Waals surface area contributed by atoms with Gasteiger partial charge in [0.15, 0.2) is 0 Å². The Morgan fingerprint density at radius 1 is 1.29 bits per heavy atom. The third-order valence-electron chi connectivity index (χ3n) is 3.99. The van der Waals surface area contributed by atoms with Crippen molar-refractivity contribution in [3.05, 3.63) is 29.8 Å². The first-order valence-corrected chi connectivity index (χ1v) is 6.21. The minimum absolute atomic E-state index is 0.318. The summed E-state index contributed by atoms with van der Waals surface area (Å²) >= 11 is 0. The van der Waals surface area contributed by atoms with E-state index >= 15 is 0 Å². The number of rotatable bonds is 3. The van der Waals surface area contributed by atoms with E-state index in [4.69, 9.17) is 4.74 Å². The van der Waals surface area contributed by atoms with Crippen molar-refractivity contribution in [3.8, 4) is 5.75 Å². The molecular weight excluding hydrogens is 214 g/mol. The molecule has 1 aromatic carbocycles. The number of carbonyl (C=O) groups is 1. The number of carbonyl (C=O) groups excluding carboxylic acids is 1. The fourth-order valence-corrected chi connectivity index (χ4v) is 3.01. The number of fused-ring (bicyclic) bond motifs is 2. The van der Waals surface area contributed by atoms with E-state index in [2.05, 4.69) is 4.90 Å². The second-order valence-corrected chi connectivity index (χ2v) is 4.98. The summed E-state index contributed by atoms with van der Waals surface area (Å²) in [5.74, 6) is 1.54. The zero-order valence-electron chi connectivity index (χ0n) is 10.1. The highest BCUT2D eigenvalue weighted by Crippen LogP contribution is 2.39. The van der Waals surface area contributed by atoms with Gasteiger partial charge in [-0.05, 0) is 37.0 Å². The van der Waals surface area contributed by atoms with Crippen LogP contribution in [0.5, 0.6) is 5.75 Å². The lowest BCUT2D eigenvalue weighted by Gasteiger charge is -2.27. The molecule has 2 unspecified atom stereocenters. The van der Waals surface area contributed by atoms with Crippen molar-refractivity contribution in [2.45, 2.75) is 31.8 Å². The summed E-state index contributed by atoms with van der Waals surface area (Å²) in [5, 5.41) is 0. The largest absolute Gasteiger partial charge is 0.497 e. The van der Waals surface area contributed by atoms with Crippen LogP contribution < -0.4 is 4.74 Å². The van der Waals surface area contributed by atoms with Gasteiger partial charge in [-0.3, -0.25) is 4.79 Å². The minimum Gasteiger partial charge on any atom is -0.497 e. The highest BCUT2D eigenvalue weighted by Gasteiger charge is 2.44. The second-order valence-electron chi connectivity index (χ2n) is 4.98. The molecule has 1 saturated carbocycles. The van der Waals surface area contributed by atoms with Gasteiger partial charge in [0.2, 0.25) is 5.91 Å². The average molecular weight is 231 g/mol. The molecule has 3 nitrogen and oxygen atoms in total. The van der Waals surface area contributed by atoms with E-state index in [1.54, 1.807) is 7.11 Å². The monoisotopic (exact) mass is 231 g/mol. The van der Waals surface area contributed by atoms with Gasteiger partial charge in [-0.25, -0.2) is 0 Å². The predicted octanol–water partition coefficient (Wildman–Crippen LogP) is 2.21. The molecule has 2 atom stereocenters. The molecule has 2 fully saturated rings. The predicted molar refractivity (Wildman–Crippen MR) is 64.7 cm³/mol. The zero-order valence-corrected chi connectivity index (χ0v) is 10.1. The van der Waals surface area contributed by atoms with E-state index in [-0.39, 0.29) is 0 Å². The maximum Gasteiger partial charge on any atom is 0.226 e. The lowest BCUT2D eigenvalue weighted by atomic mass is 10.1. The van der Waals surface area contributed by atoms with Gasteiger partial charge < -0.3 is 9.64 Å². The van der Waals surface area contributed by atoms with Crippen molar-refractivity contribution < 1.29 is 9.53 Å². The fraction of sp³-hybridized carbons (Fsp3) is 0.500. The Hall–Kier alpha value is -1.51. The Labute approximate surface area is 101 Å². The number of methoxy groups -OCH3 is 1. The molecule has 1 heterocycles. The maximum atomic E-state index is 12.0. The van der Waals surface area contributed by atoms with E-state index in [0.29, 0.717) is 17.9 Å². The number of likely N-dealkylation sites (tertiary alicyclic amines) is 1. The normalized spacial score (nSPS) is 26.6. The lowest BCUT2D eigenvalue weighted by Crippen LogP contribution is -2.36. The van der Waals surface area contributed by atoms with Crippen LogP contribution >= 0.6 is 0 Å². The first kappa shape index (κ1) is 10.6. The Balaban J connectivity index is 1.72. The highest BCUT2D eigenvalue weighted by molar-refractivity contribution is 5.82. The second kappa shape index (κ2) is 4.06. The summed E-state index contributed by atoms with van der Waals surface area (Å²) in [6.07, 6.45) is 3.37. The number of nitrogens with zero attached hydrogens (tertiary/aromatic N) is 1. The molecule has 90 valence electrons. The highest BCUT2D eigenvalue weighted by atomic mass is 16.5. The Kier molecular flexibility index (Phi) is 2.54. The third-order valence-corrected chi connectivity index (χ3v) is 3.99. The van der Waals surface area contributed by atoms with Crippen LogP contribution in [-0.4, -0.2) is 24.0 Å². The molecule has 1 aliphatic carbocycles. The summed E-state index contributed by atoms with van der Waals surface area (Å²) < 4.78 is 5.13. The number of amides is 1. The number of ether oxygens (including phenoxy) is 1. The van der Waals surface area contributed by atoms with Gasteiger partial charge in [0, 0.05) is 18.5 Å². The van der Waals surface area contributed by atoms with E-state index in [0.717, 1.165) is 25.1 Å². The zero-order chi connectivity index (χ0) is 11.8. The molecule has 1 aromatic rings. The smallest absolute Gasteiger partial charge is 0.226 e. The van der Waals surface area contributed by atoms with Crippen molar-refractivity contribution in [2.75, 3.05) is 7.11 Å². The summed E-state index contributed by atoms with van der Waals surface area (Å²) in [4.78, 5) is 14.0. The molecular formula is C14H17NO2. The summed E-state index contributed by atoms with van der Waals surface area (Å²) in [5.41, 5.74) is 1.19. The molecule has 0 radical (unpaired) electrons. The van der Waals surface area contributed by atoms with Crippen molar-refractivity contribution >= 4 is 5.91 Å². The van der Waals surface area contributed by atoms with Crippen molar-refractivity contribution in [1.82, 2.24) is 4.90 Å². The SMILES string of the molecule is COc1ccc(CN2C(=O)C3CCC2C3)cc1. The van der Waals surface area contributed by atoms with E-state index < -0.39 is 0 Å². The summed E-state index contributed by atoms with van der Waals surface area (Å²) in [6.45, 7) is 0.754. The summed E-state index contributed by atoms with van der Waals surface area (Å²) in [7, 11) is 1.66. The Morgan fingerprint density at radius 2 is 2.06 bits per heavy atom. The van der Waals surface area contributed by atoms with Crippen molar-refractivity contribution in [1.29, 1.82) is 0 Å². The van der Waals surface area contributed by atoms with Gasteiger partial charge in [-0.15, -0.1) is 0 Å². The molecule has 1 saturated heterocycles. The van der Waals surface area contributed by atoms with Gasteiger partial charge >= 0.3 is 0 Å². The number of piperidine rings is 1. The molecule has 2 aliphatic rings. The van der Waals surface area contributed by atoms with Gasteiger partial charge in [0.1, 0.15) is 5.75 Å². The van der Waals surface area contributed by atoms with Crippen LogP contribution in [0.2, 0.25) is 0 Å². The van der Waals surface area contributed by atoms with Gasteiger partial charge in [0.05, 0.1) is 7.11 Å². The van der Waals surface area contributed by atoms with E-state index in [1.807, 2.05) is 24.3 Å². The Morgan fingerprint density at radius 3 is 2.65 bits per heavy atom. The van der Waals surface area contributed by atoms with Crippen LogP contribution in [0.15, 0.2) is 24.3 Å². The topological polar surface area (TPSA) is 29.5 Å². The standard InChI is InChI=1S/C14H17NO2/c1-17-13-6-2-10(3-7-13)9-15-12-5-4-11(8-12)14(15)16/h2-3,6-7,11-12H,4-5,8-9H2,1H3. The Bertz CT molecular complexity index is 426. The molecule has 17 heavy (non-hydrogen) atoms. The maximum absolute atomic E-state index is 12.0. The molecule has 0 N–H and O–H groups in total. The number of hydrogen-bond acceptors (Lipinski definition) is 2. The van der Waals surface area contributed by atoms with Gasteiger partial charge in [0.25, 0.3) is 0 Å². The molecule has 3 heteroatoms. The van der Waals surface area contributed by atoms with Crippen LogP contribution in [-0.2, 0) is 11.3 Å². The van der Waals surface area contributed by atoms with Crippen molar-refractivity contribution in [3.63, 3.8) is 0 Å². The van der Waals surface area contributed by atoms with Crippen molar-refractivity contribution in [2.24, 2.45) is 5.92 Å². The van der Waals surface area contributed by atoms with Gasteiger partial charge in [-0.1, -0.05) is 12.1 Å².